The van der Waals surface area contributed by atoms with Crippen LogP contribution in [0.3, 0.4) is 0 Å². The predicted molar refractivity (Wildman–Crippen MR) is 105 cm³/mol. The normalized spacial score (nSPS) is 12.5. The van der Waals surface area contributed by atoms with Gasteiger partial charge in [-0.3, -0.25) is 0 Å². The lowest BCUT2D eigenvalue weighted by Crippen LogP contribution is -2.23. The third kappa shape index (κ3) is 4.90. The van der Waals surface area contributed by atoms with Gasteiger partial charge in [0.05, 0.1) is 5.56 Å². The van der Waals surface area contributed by atoms with Crippen LogP contribution < -0.4 is 4.74 Å². The first kappa shape index (κ1) is 23.6. The molecule has 0 saturated carbocycles. The first-order valence-electron chi connectivity index (χ1n) is 8.75. The van der Waals surface area contributed by atoms with Crippen molar-refractivity contribution in [1.82, 2.24) is 0 Å². The van der Waals surface area contributed by atoms with Gasteiger partial charge in [0, 0.05) is 5.56 Å². The van der Waals surface area contributed by atoms with Crippen molar-refractivity contribution in [1.29, 1.82) is 0 Å². The van der Waals surface area contributed by atoms with Crippen molar-refractivity contribution >= 4 is 17.6 Å². The minimum absolute atomic E-state index is 0.0414. The summed E-state index contributed by atoms with van der Waals surface area (Å²) in [4.78, 5) is 0. The van der Waals surface area contributed by atoms with Crippen LogP contribution in [0, 0.1) is 23.3 Å². The molecule has 32 heavy (non-hydrogen) atoms. The van der Waals surface area contributed by atoms with Crippen molar-refractivity contribution in [3.8, 4) is 16.9 Å². The van der Waals surface area contributed by atoms with Crippen molar-refractivity contribution in [2.75, 3.05) is 6.26 Å². The Hall–Kier alpha value is -3.01. The lowest BCUT2D eigenvalue weighted by atomic mass is 10.0. The van der Waals surface area contributed by atoms with Crippen LogP contribution in [0.25, 0.3) is 17.0 Å². The third-order valence-corrected chi connectivity index (χ3v) is 4.85. The minimum atomic E-state index is -4.37. The van der Waals surface area contributed by atoms with Gasteiger partial charge in [-0.15, -0.1) is 0 Å². The van der Waals surface area contributed by atoms with Crippen molar-refractivity contribution < 1.29 is 39.9 Å². The molecule has 0 aliphatic heterocycles. The van der Waals surface area contributed by atoms with Crippen LogP contribution in [0.2, 0.25) is 0 Å². The molecular formula is C22H12F8OS. The summed E-state index contributed by atoms with van der Waals surface area (Å²) in [6, 6.07) is 8.26. The van der Waals surface area contributed by atoms with E-state index in [-0.39, 0.29) is 23.3 Å². The Balaban J connectivity index is 1.85. The van der Waals surface area contributed by atoms with Gasteiger partial charge in [-0.05, 0) is 41.6 Å². The van der Waals surface area contributed by atoms with Gasteiger partial charge in [-0.1, -0.05) is 42.1 Å². The number of rotatable bonds is 6. The molecule has 0 aliphatic carbocycles. The minimum Gasteiger partial charge on any atom is -0.426 e. The molecule has 0 atom stereocenters. The molecule has 10 heteroatoms. The molecule has 0 N–H and O–H groups in total. The number of halogens is 8. The van der Waals surface area contributed by atoms with E-state index in [1.54, 1.807) is 0 Å². The standard InChI is InChI=1S/C22H12F8OS/c1-32-21(28)19(26)12-4-2-11(3-5-12)13-6-7-18(15(23)8-13)31-22(29,30)14-9-16(24)20(27)17(25)10-14/h2-10H,1H3. The fraction of sp³-hybridized carbons (Fsp3) is 0.0909. The molecule has 3 aromatic carbocycles. The number of alkyl halides is 2. The van der Waals surface area contributed by atoms with Crippen LogP contribution in [0.5, 0.6) is 5.75 Å². The zero-order chi connectivity index (χ0) is 23.6. The summed E-state index contributed by atoms with van der Waals surface area (Å²) in [5, 5.41) is -1.01. The molecule has 1 nitrogen and oxygen atoms in total. The fourth-order valence-electron chi connectivity index (χ4n) is 2.70. The van der Waals surface area contributed by atoms with Crippen LogP contribution >= 0.6 is 11.8 Å². The summed E-state index contributed by atoms with van der Waals surface area (Å²) >= 11 is 0.590. The highest BCUT2D eigenvalue weighted by molar-refractivity contribution is 8.02. The summed E-state index contributed by atoms with van der Waals surface area (Å²) in [5.41, 5.74) is -0.815. The van der Waals surface area contributed by atoms with Crippen LogP contribution in [0.1, 0.15) is 11.1 Å². The van der Waals surface area contributed by atoms with Crippen molar-refractivity contribution in [3.05, 3.63) is 94.2 Å². The Morgan fingerprint density at radius 3 is 1.88 bits per heavy atom. The lowest BCUT2D eigenvalue weighted by molar-refractivity contribution is -0.187. The highest BCUT2D eigenvalue weighted by atomic mass is 32.2. The van der Waals surface area contributed by atoms with E-state index in [2.05, 4.69) is 4.74 Å². The fourth-order valence-corrected chi connectivity index (χ4v) is 2.99. The van der Waals surface area contributed by atoms with E-state index in [0.717, 1.165) is 12.1 Å². The largest absolute Gasteiger partial charge is 0.427 e. The van der Waals surface area contributed by atoms with Gasteiger partial charge < -0.3 is 4.74 Å². The van der Waals surface area contributed by atoms with Crippen molar-refractivity contribution in [2.24, 2.45) is 0 Å². The van der Waals surface area contributed by atoms with E-state index in [9.17, 15) is 35.1 Å². The molecule has 168 valence electrons. The molecule has 3 rings (SSSR count). The van der Waals surface area contributed by atoms with Gasteiger partial charge in [0.25, 0.3) is 0 Å². The highest BCUT2D eigenvalue weighted by Gasteiger charge is 2.37. The maximum atomic E-state index is 14.4. The molecule has 0 aromatic heterocycles. The van der Waals surface area contributed by atoms with Gasteiger partial charge in [0.2, 0.25) is 0 Å². The van der Waals surface area contributed by atoms with E-state index >= 15 is 0 Å². The Morgan fingerprint density at radius 1 is 0.781 bits per heavy atom. The molecule has 0 saturated heterocycles. The Kier molecular flexibility index (Phi) is 6.82. The maximum Gasteiger partial charge on any atom is 0.427 e. The first-order chi connectivity index (χ1) is 15.0. The summed E-state index contributed by atoms with van der Waals surface area (Å²) < 4.78 is 114. The molecule has 0 heterocycles. The molecular weight excluding hydrogens is 464 g/mol. The topological polar surface area (TPSA) is 9.23 Å². The van der Waals surface area contributed by atoms with E-state index in [1.165, 1.54) is 36.6 Å². The lowest BCUT2D eigenvalue weighted by Gasteiger charge is -2.19. The van der Waals surface area contributed by atoms with Gasteiger partial charge >= 0.3 is 6.11 Å². The second-order valence-electron chi connectivity index (χ2n) is 6.39. The van der Waals surface area contributed by atoms with Gasteiger partial charge in [0.1, 0.15) is 0 Å². The summed E-state index contributed by atoms with van der Waals surface area (Å²) in [6.07, 6.45) is -3.01. The zero-order valence-corrected chi connectivity index (χ0v) is 16.9. The quantitative estimate of drug-likeness (QED) is 0.264. The van der Waals surface area contributed by atoms with Crippen molar-refractivity contribution in [2.45, 2.75) is 6.11 Å². The van der Waals surface area contributed by atoms with Crippen LogP contribution in [-0.2, 0) is 6.11 Å². The van der Waals surface area contributed by atoms with Gasteiger partial charge in [-0.25, -0.2) is 22.0 Å². The molecule has 0 amide bonds. The molecule has 0 fully saturated rings. The number of thioether (sulfide) groups is 1. The zero-order valence-electron chi connectivity index (χ0n) is 16.0. The van der Waals surface area contributed by atoms with E-state index in [1.807, 2.05) is 0 Å². The smallest absolute Gasteiger partial charge is 0.426 e. The molecule has 0 unspecified atom stereocenters. The predicted octanol–water partition coefficient (Wildman–Crippen LogP) is 7.97. The molecule has 0 spiro atoms. The number of hydrogen-bond acceptors (Lipinski definition) is 2. The van der Waals surface area contributed by atoms with Gasteiger partial charge in [0.15, 0.2) is 40.0 Å². The molecule has 0 bridgehead atoms. The summed E-state index contributed by atoms with van der Waals surface area (Å²) in [6.45, 7) is 0. The van der Waals surface area contributed by atoms with Crippen LogP contribution in [-0.4, -0.2) is 6.26 Å². The Labute approximate surface area is 181 Å². The van der Waals surface area contributed by atoms with Crippen LogP contribution in [0.4, 0.5) is 35.1 Å². The second-order valence-corrected chi connectivity index (χ2v) is 7.15. The first-order valence-corrected chi connectivity index (χ1v) is 9.97. The van der Waals surface area contributed by atoms with E-state index in [0.29, 0.717) is 17.3 Å². The van der Waals surface area contributed by atoms with E-state index in [4.69, 9.17) is 0 Å². The highest BCUT2D eigenvalue weighted by Crippen LogP contribution is 2.36. The summed E-state index contributed by atoms with van der Waals surface area (Å²) in [5.74, 6) is -8.87. The third-order valence-electron chi connectivity index (χ3n) is 4.31. The Bertz CT molecular complexity index is 1150. The Morgan fingerprint density at radius 2 is 1.34 bits per heavy atom. The van der Waals surface area contributed by atoms with Crippen molar-refractivity contribution in [3.63, 3.8) is 0 Å². The number of benzene rings is 3. The monoisotopic (exact) mass is 476 g/mol. The van der Waals surface area contributed by atoms with Crippen LogP contribution in [0.15, 0.2) is 59.8 Å². The number of hydrogen-bond donors (Lipinski definition) is 0. The maximum absolute atomic E-state index is 14.4. The van der Waals surface area contributed by atoms with Gasteiger partial charge in [-0.2, -0.15) is 13.2 Å². The average Bonchev–Trinajstić information content (AvgIpc) is 2.77. The van der Waals surface area contributed by atoms with E-state index < -0.39 is 51.7 Å². The second kappa shape index (κ2) is 9.23. The SMILES string of the molecule is CSC(F)=C(F)c1ccc(-c2ccc(OC(F)(F)c3cc(F)c(F)c(F)c3)c(F)c2)cc1. The summed E-state index contributed by atoms with van der Waals surface area (Å²) in [7, 11) is 0. The molecule has 3 aromatic rings. The average molecular weight is 476 g/mol. The molecule has 0 aliphatic rings. The molecule has 0 radical (unpaired) electrons. The number of ether oxygens (including phenoxy) is 1.